The molecule has 1 aliphatic carbocycles. The number of thiophene rings is 1. The third kappa shape index (κ3) is 6.37. The quantitative estimate of drug-likeness (QED) is 0.343. The van der Waals surface area contributed by atoms with E-state index in [9.17, 15) is 10.1 Å². The summed E-state index contributed by atoms with van der Waals surface area (Å²) in [6, 6.07) is 6.14. The predicted molar refractivity (Wildman–Crippen MR) is 173 cm³/mol. The van der Waals surface area contributed by atoms with Crippen molar-refractivity contribution in [2.24, 2.45) is 0 Å². The van der Waals surface area contributed by atoms with E-state index in [0.29, 0.717) is 59.1 Å². The summed E-state index contributed by atoms with van der Waals surface area (Å²) in [5.74, 6) is 1.65. The van der Waals surface area contributed by atoms with E-state index in [1.165, 1.54) is 11.3 Å². The van der Waals surface area contributed by atoms with E-state index < -0.39 is 11.0 Å². The van der Waals surface area contributed by atoms with Crippen LogP contribution in [0.4, 0.5) is 9.80 Å². The highest BCUT2D eigenvalue weighted by Crippen LogP contribution is 2.48. The third-order valence-corrected chi connectivity index (χ3v) is 10.3. The van der Waals surface area contributed by atoms with E-state index in [-0.39, 0.29) is 24.3 Å². The number of nitrogen functional groups attached to an aromatic ring is 1. The summed E-state index contributed by atoms with van der Waals surface area (Å²) in [7, 11) is 2.11. The Hall–Kier alpha value is -3.89. The van der Waals surface area contributed by atoms with Crippen molar-refractivity contribution in [3.8, 4) is 29.2 Å². The van der Waals surface area contributed by atoms with Crippen LogP contribution in [0.25, 0.3) is 11.5 Å². The molecule has 0 radical (unpaired) electrons. The number of ether oxygens (including phenoxy) is 3. The fourth-order valence-electron chi connectivity index (χ4n) is 6.89. The van der Waals surface area contributed by atoms with Crippen molar-refractivity contribution in [1.29, 1.82) is 5.26 Å². The maximum Gasteiger partial charge on any atom is 0.410 e. The van der Waals surface area contributed by atoms with Gasteiger partial charge >= 0.3 is 6.09 Å². The molecule has 13 heteroatoms. The van der Waals surface area contributed by atoms with Gasteiger partial charge < -0.3 is 29.4 Å². The van der Waals surface area contributed by atoms with Crippen LogP contribution in [0.5, 0.6) is 11.6 Å². The molecular formula is C33H43N7O5S. The molecule has 2 aliphatic heterocycles. The molecule has 4 atom stereocenters. The van der Waals surface area contributed by atoms with Crippen molar-refractivity contribution in [3.05, 3.63) is 34.0 Å². The summed E-state index contributed by atoms with van der Waals surface area (Å²) in [4.78, 5) is 27.4. The van der Waals surface area contributed by atoms with E-state index in [2.05, 4.69) is 30.1 Å². The first-order valence-corrected chi connectivity index (χ1v) is 16.9. The fourth-order valence-corrected chi connectivity index (χ4v) is 8.08. The minimum atomic E-state index is -0.651. The normalized spacial score (nSPS) is 24.0. The monoisotopic (exact) mass is 649 g/mol. The lowest BCUT2D eigenvalue weighted by Crippen LogP contribution is -2.38. The lowest BCUT2D eigenvalue weighted by atomic mass is 9.72. The number of nitriles is 1. The molecule has 0 unspecified atom stereocenters. The number of hydrogen-bond acceptors (Lipinski definition) is 12. The fraction of sp³-hybridized carbons (Fsp3) is 0.606. The number of nitrogens with two attached hydrogens (primary N) is 1. The van der Waals surface area contributed by atoms with Crippen LogP contribution >= 0.6 is 11.3 Å². The average molecular weight is 650 g/mol. The highest BCUT2D eigenvalue weighted by atomic mass is 32.1. The molecule has 5 heterocycles. The molecule has 1 amide bonds. The van der Waals surface area contributed by atoms with Crippen LogP contribution in [0.15, 0.2) is 16.7 Å². The number of fused-ring (bicyclic) bond motifs is 1. The standard InChI is InChI=1S/C33H43N7O5S/c1-19(24-9-8-13-39(24)6)42-26-16-21(43-20-11-14-40(18-20)31(41)44-32(2,3)4)15-23(36-26)29-37-30(45-38-29)33(5)12-7-10-25-27(33)22(17-34)28(35)46-25/h15-16,19-20,24H,7-14,18,35H2,1-6H3/t19-,20-,24-,33-/m0/s1. The van der Waals surface area contributed by atoms with Gasteiger partial charge in [-0.05, 0) is 80.3 Å². The van der Waals surface area contributed by atoms with Gasteiger partial charge in [-0.1, -0.05) is 5.16 Å². The van der Waals surface area contributed by atoms with Crippen molar-refractivity contribution in [2.45, 2.75) is 102 Å². The van der Waals surface area contributed by atoms with Gasteiger partial charge in [0.2, 0.25) is 17.6 Å². The van der Waals surface area contributed by atoms with Crippen LogP contribution in [0.2, 0.25) is 0 Å². The number of aromatic nitrogens is 3. The summed E-state index contributed by atoms with van der Waals surface area (Å²) in [6.45, 7) is 11.6. The van der Waals surface area contributed by atoms with E-state index >= 15 is 0 Å². The number of rotatable bonds is 7. The highest BCUT2D eigenvalue weighted by molar-refractivity contribution is 7.16. The minimum Gasteiger partial charge on any atom is -0.488 e. The number of pyridine rings is 1. The zero-order valence-corrected chi connectivity index (χ0v) is 28.3. The molecule has 12 nitrogen and oxygen atoms in total. The number of carbonyl (C=O) groups is 1. The summed E-state index contributed by atoms with van der Waals surface area (Å²) < 4.78 is 24.3. The zero-order valence-electron chi connectivity index (χ0n) is 27.5. The maximum atomic E-state index is 12.7. The maximum absolute atomic E-state index is 12.7. The lowest BCUT2D eigenvalue weighted by molar-refractivity contribution is 0.0275. The number of likely N-dealkylation sites (N-methyl/N-ethyl adjacent to an activating group) is 1. The Bertz CT molecular complexity index is 1640. The Morgan fingerprint density at radius 1 is 1.24 bits per heavy atom. The van der Waals surface area contributed by atoms with Gasteiger partial charge in [0.1, 0.15) is 40.3 Å². The summed E-state index contributed by atoms with van der Waals surface area (Å²) in [5.41, 5.74) is 6.84. The first-order chi connectivity index (χ1) is 21.8. The second-order valence-corrected chi connectivity index (χ2v) is 15.0. The first kappa shape index (κ1) is 32.1. The molecule has 3 aromatic rings. The van der Waals surface area contributed by atoms with Crippen LogP contribution in [0.3, 0.4) is 0 Å². The predicted octanol–water partition coefficient (Wildman–Crippen LogP) is 5.54. The molecule has 2 fully saturated rings. The van der Waals surface area contributed by atoms with Crippen LogP contribution in [-0.2, 0) is 16.6 Å². The van der Waals surface area contributed by atoms with Gasteiger partial charge in [-0.15, -0.1) is 11.3 Å². The number of nitrogens with zero attached hydrogens (tertiary/aromatic N) is 6. The Morgan fingerprint density at radius 3 is 2.76 bits per heavy atom. The Kier molecular flexibility index (Phi) is 8.63. The highest BCUT2D eigenvalue weighted by Gasteiger charge is 2.43. The molecule has 3 aromatic heterocycles. The molecular weight excluding hydrogens is 606 g/mol. The van der Waals surface area contributed by atoms with Gasteiger partial charge in [0.05, 0.1) is 17.5 Å². The summed E-state index contributed by atoms with van der Waals surface area (Å²) in [5, 5.41) is 14.8. The Morgan fingerprint density at radius 2 is 2.04 bits per heavy atom. The van der Waals surface area contributed by atoms with Crippen molar-refractivity contribution >= 4 is 22.4 Å². The number of anilines is 1. The summed E-state index contributed by atoms with van der Waals surface area (Å²) >= 11 is 1.47. The smallest absolute Gasteiger partial charge is 0.410 e. The zero-order chi connectivity index (χ0) is 32.8. The van der Waals surface area contributed by atoms with E-state index in [0.717, 1.165) is 49.1 Å². The largest absolute Gasteiger partial charge is 0.488 e. The number of amides is 1. The molecule has 6 rings (SSSR count). The minimum absolute atomic E-state index is 0.105. The van der Waals surface area contributed by atoms with Crippen molar-refractivity contribution in [2.75, 3.05) is 32.4 Å². The van der Waals surface area contributed by atoms with Gasteiger partial charge in [0.25, 0.3) is 0 Å². The first-order valence-electron chi connectivity index (χ1n) is 16.0. The average Bonchev–Trinajstić information content (AvgIpc) is 3.79. The number of carbonyl (C=O) groups excluding carboxylic acids is 1. The van der Waals surface area contributed by atoms with Crippen LogP contribution in [-0.4, -0.2) is 81.6 Å². The lowest BCUT2D eigenvalue weighted by Gasteiger charge is -2.30. The molecule has 2 N–H and O–H groups in total. The second-order valence-electron chi connectivity index (χ2n) is 13.9. The van der Waals surface area contributed by atoms with Gasteiger partial charge in [0.15, 0.2) is 0 Å². The van der Waals surface area contributed by atoms with Crippen LogP contribution in [0.1, 0.15) is 88.6 Å². The number of aryl methyl sites for hydroxylation is 1. The van der Waals surface area contributed by atoms with Gasteiger partial charge in [0, 0.05) is 41.6 Å². The Labute approximate surface area is 273 Å². The Balaban J connectivity index is 1.29. The molecule has 0 bridgehead atoms. The molecule has 3 aliphatic rings. The molecule has 0 saturated carbocycles. The van der Waals surface area contributed by atoms with E-state index in [4.69, 9.17) is 34.4 Å². The van der Waals surface area contributed by atoms with Crippen LogP contribution in [0, 0.1) is 11.3 Å². The van der Waals surface area contributed by atoms with E-state index in [1.807, 2.05) is 27.7 Å². The van der Waals surface area contributed by atoms with Crippen LogP contribution < -0.4 is 15.2 Å². The topological polar surface area (TPSA) is 153 Å². The molecule has 0 aromatic carbocycles. The molecule has 2 saturated heterocycles. The van der Waals surface area contributed by atoms with Crippen molar-refractivity contribution in [3.63, 3.8) is 0 Å². The van der Waals surface area contributed by atoms with Gasteiger partial charge in [-0.25, -0.2) is 9.78 Å². The number of hydrogen-bond donors (Lipinski definition) is 1. The van der Waals surface area contributed by atoms with Gasteiger partial charge in [-0.3, -0.25) is 4.90 Å². The van der Waals surface area contributed by atoms with Crippen molar-refractivity contribution in [1.82, 2.24) is 24.9 Å². The molecule has 46 heavy (non-hydrogen) atoms. The van der Waals surface area contributed by atoms with Crippen molar-refractivity contribution < 1.29 is 23.5 Å². The number of likely N-dealkylation sites (tertiary alicyclic amines) is 2. The van der Waals surface area contributed by atoms with E-state index in [1.54, 1.807) is 17.0 Å². The summed E-state index contributed by atoms with van der Waals surface area (Å²) in [6.07, 6.45) is 4.68. The molecule has 0 spiro atoms. The SMILES string of the molecule is C[C@H](Oc1cc(O[C@H]2CCN(C(=O)OC(C)(C)C)C2)cc(-c2noc([C@@]3(C)CCCc4sc(N)c(C#N)c43)n2)n1)[C@@H]1CCCN1C. The third-order valence-electron chi connectivity index (χ3n) is 9.18. The second kappa shape index (κ2) is 12.4. The molecule has 246 valence electrons. The van der Waals surface area contributed by atoms with Gasteiger partial charge in [-0.2, -0.15) is 10.2 Å².